The van der Waals surface area contributed by atoms with Gasteiger partial charge in [0.05, 0.1) is 22.4 Å². The summed E-state index contributed by atoms with van der Waals surface area (Å²) >= 11 is 1.59. The second-order valence-corrected chi connectivity index (χ2v) is 8.62. The van der Waals surface area contributed by atoms with Crippen LogP contribution in [0.5, 0.6) is 0 Å². The number of sulfonamides is 1. The summed E-state index contributed by atoms with van der Waals surface area (Å²) in [7, 11) is -3.98. The van der Waals surface area contributed by atoms with E-state index in [9.17, 15) is 17.2 Å². The first-order valence-electron chi connectivity index (χ1n) is 8.43. The summed E-state index contributed by atoms with van der Waals surface area (Å²) in [5.41, 5.74) is 0.810. The molecule has 1 aromatic carbocycles. The number of nitrogens with one attached hydrogen (secondary N) is 2. The second-order valence-electron chi connectivity index (χ2n) is 6.00. The fourth-order valence-electron chi connectivity index (χ4n) is 2.38. The maximum absolute atomic E-state index is 13.3. The summed E-state index contributed by atoms with van der Waals surface area (Å²) in [5.74, 6) is -1.70. The molecule has 28 heavy (non-hydrogen) atoms. The molecule has 0 aliphatic carbocycles. The van der Waals surface area contributed by atoms with Crippen LogP contribution in [0, 0.1) is 11.6 Å². The highest BCUT2D eigenvalue weighted by Gasteiger charge is 2.17. The quantitative estimate of drug-likeness (QED) is 0.589. The Morgan fingerprint density at radius 2 is 1.96 bits per heavy atom. The first-order valence-corrected chi connectivity index (χ1v) is 10.8. The van der Waals surface area contributed by atoms with Gasteiger partial charge in [-0.2, -0.15) is 0 Å². The predicted octanol–water partition coefficient (Wildman–Crippen LogP) is 4.35. The van der Waals surface area contributed by atoms with Gasteiger partial charge in [-0.05, 0) is 37.6 Å². The number of thiazole rings is 1. The highest BCUT2D eigenvalue weighted by Crippen LogP contribution is 2.22. The molecular formula is C18H18F2N4O2S2. The van der Waals surface area contributed by atoms with Gasteiger partial charge in [-0.1, -0.05) is 6.92 Å². The van der Waals surface area contributed by atoms with Crippen molar-refractivity contribution in [1.29, 1.82) is 0 Å². The van der Waals surface area contributed by atoms with Crippen molar-refractivity contribution in [3.05, 3.63) is 64.2 Å². The molecule has 0 bridgehead atoms. The van der Waals surface area contributed by atoms with E-state index < -0.39 is 21.7 Å². The lowest BCUT2D eigenvalue weighted by atomic mass is 10.2. The Morgan fingerprint density at radius 1 is 1.18 bits per heavy atom. The Bertz CT molecular complexity index is 1070. The standard InChI is InChI=1S/C18H18F2N4O2S2/c1-3-18-23-16(10-27-18)11(2)22-17-7-5-13(9-21-17)28(25,26)24-12-4-6-14(19)15(20)8-12/h4-11,24H,3H2,1-2H3,(H,21,22). The van der Waals surface area contributed by atoms with Crippen molar-refractivity contribution in [3.63, 3.8) is 0 Å². The minimum Gasteiger partial charge on any atom is -0.362 e. The zero-order chi connectivity index (χ0) is 20.3. The van der Waals surface area contributed by atoms with Gasteiger partial charge >= 0.3 is 0 Å². The van der Waals surface area contributed by atoms with Gasteiger partial charge in [0.15, 0.2) is 11.6 Å². The molecule has 0 amide bonds. The van der Waals surface area contributed by atoms with Crippen LogP contribution in [0.1, 0.15) is 30.6 Å². The van der Waals surface area contributed by atoms with Crippen LogP contribution < -0.4 is 10.0 Å². The second kappa shape index (κ2) is 8.19. The van der Waals surface area contributed by atoms with E-state index in [0.29, 0.717) is 5.82 Å². The maximum Gasteiger partial charge on any atom is 0.263 e. The van der Waals surface area contributed by atoms with Crippen molar-refractivity contribution in [3.8, 4) is 0 Å². The van der Waals surface area contributed by atoms with E-state index in [1.54, 1.807) is 11.3 Å². The number of anilines is 2. The summed E-state index contributed by atoms with van der Waals surface area (Å²) < 4.78 is 53.2. The molecule has 2 N–H and O–H groups in total. The van der Waals surface area contributed by atoms with Gasteiger partial charge in [0.1, 0.15) is 10.7 Å². The molecule has 0 aliphatic rings. The SMILES string of the molecule is CCc1nc(C(C)Nc2ccc(S(=O)(=O)Nc3ccc(F)c(F)c3)cn2)cs1. The number of nitrogens with zero attached hydrogens (tertiary/aromatic N) is 2. The van der Waals surface area contributed by atoms with Gasteiger partial charge in [0.2, 0.25) is 0 Å². The van der Waals surface area contributed by atoms with Gasteiger partial charge in [-0.15, -0.1) is 11.3 Å². The van der Waals surface area contributed by atoms with E-state index in [2.05, 4.69) is 20.0 Å². The zero-order valence-corrected chi connectivity index (χ0v) is 16.7. The number of hydrogen-bond donors (Lipinski definition) is 2. The van der Waals surface area contributed by atoms with E-state index in [1.165, 1.54) is 18.3 Å². The molecule has 6 nitrogen and oxygen atoms in total. The number of pyridine rings is 1. The Balaban J connectivity index is 1.71. The normalized spacial score (nSPS) is 12.6. The molecule has 1 unspecified atom stereocenters. The largest absolute Gasteiger partial charge is 0.362 e. The lowest BCUT2D eigenvalue weighted by Gasteiger charge is -2.13. The lowest BCUT2D eigenvalue weighted by Crippen LogP contribution is -2.14. The molecule has 3 aromatic rings. The van der Waals surface area contributed by atoms with Crippen LogP contribution in [0.25, 0.3) is 0 Å². The van der Waals surface area contributed by atoms with Gasteiger partial charge in [-0.25, -0.2) is 27.2 Å². The van der Waals surface area contributed by atoms with Crippen molar-refractivity contribution >= 4 is 32.9 Å². The molecule has 0 aliphatic heterocycles. The van der Waals surface area contributed by atoms with Crippen LogP contribution in [-0.4, -0.2) is 18.4 Å². The van der Waals surface area contributed by atoms with Crippen LogP contribution in [-0.2, 0) is 16.4 Å². The number of hydrogen-bond acceptors (Lipinski definition) is 6. The molecule has 0 saturated carbocycles. The maximum atomic E-state index is 13.3. The summed E-state index contributed by atoms with van der Waals surface area (Å²) in [5, 5.41) is 6.18. The minimum atomic E-state index is -3.98. The number of halogens is 2. The third kappa shape index (κ3) is 4.63. The predicted molar refractivity (Wildman–Crippen MR) is 105 cm³/mol. The third-order valence-electron chi connectivity index (χ3n) is 3.90. The fourth-order valence-corrected chi connectivity index (χ4v) is 4.21. The molecule has 3 rings (SSSR count). The summed E-state index contributed by atoms with van der Waals surface area (Å²) in [6.45, 7) is 3.97. The minimum absolute atomic E-state index is 0.0787. The molecule has 1 atom stereocenters. The molecule has 10 heteroatoms. The van der Waals surface area contributed by atoms with E-state index in [4.69, 9.17) is 0 Å². The van der Waals surface area contributed by atoms with Crippen molar-refractivity contribution in [2.45, 2.75) is 31.2 Å². The van der Waals surface area contributed by atoms with Crippen LogP contribution in [0.3, 0.4) is 0 Å². The number of aromatic nitrogens is 2. The van der Waals surface area contributed by atoms with E-state index in [0.717, 1.165) is 35.3 Å². The smallest absolute Gasteiger partial charge is 0.263 e. The Hall–Kier alpha value is -2.59. The topological polar surface area (TPSA) is 84.0 Å². The fraction of sp³-hybridized carbons (Fsp3) is 0.222. The van der Waals surface area contributed by atoms with E-state index in [1.807, 2.05) is 19.2 Å². The zero-order valence-electron chi connectivity index (χ0n) is 15.1. The van der Waals surface area contributed by atoms with Crippen molar-refractivity contribution in [1.82, 2.24) is 9.97 Å². The highest BCUT2D eigenvalue weighted by atomic mass is 32.2. The molecule has 0 radical (unpaired) electrons. The van der Waals surface area contributed by atoms with Crippen LogP contribution in [0.15, 0.2) is 46.8 Å². The molecule has 2 heterocycles. The number of rotatable bonds is 7. The summed E-state index contributed by atoms with van der Waals surface area (Å²) in [6.07, 6.45) is 2.06. The van der Waals surface area contributed by atoms with Gasteiger partial charge in [0.25, 0.3) is 10.0 Å². The van der Waals surface area contributed by atoms with E-state index in [-0.39, 0.29) is 16.6 Å². The van der Waals surface area contributed by atoms with Gasteiger partial charge in [0, 0.05) is 17.6 Å². The average Bonchev–Trinajstić information content (AvgIpc) is 3.14. The molecular weight excluding hydrogens is 406 g/mol. The third-order valence-corrected chi connectivity index (χ3v) is 6.28. The number of aryl methyl sites for hydroxylation is 1. The van der Waals surface area contributed by atoms with Crippen LogP contribution in [0.4, 0.5) is 20.3 Å². The van der Waals surface area contributed by atoms with Gasteiger partial charge in [-0.3, -0.25) is 4.72 Å². The lowest BCUT2D eigenvalue weighted by molar-refractivity contribution is 0.509. The Labute approximate surface area is 165 Å². The molecule has 0 spiro atoms. The first-order chi connectivity index (χ1) is 13.3. The first kappa shape index (κ1) is 20.2. The Morgan fingerprint density at radius 3 is 2.57 bits per heavy atom. The Kier molecular flexibility index (Phi) is 5.90. The molecule has 0 saturated heterocycles. The van der Waals surface area contributed by atoms with Crippen molar-refractivity contribution < 1.29 is 17.2 Å². The van der Waals surface area contributed by atoms with Crippen LogP contribution in [0.2, 0.25) is 0 Å². The highest BCUT2D eigenvalue weighted by molar-refractivity contribution is 7.92. The molecule has 0 fully saturated rings. The molecule has 2 aromatic heterocycles. The summed E-state index contributed by atoms with van der Waals surface area (Å²) in [6, 6.07) is 5.58. The molecule has 148 valence electrons. The monoisotopic (exact) mass is 424 g/mol. The van der Waals surface area contributed by atoms with Crippen molar-refractivity contribution in [2.24, 2.45) is 0 Å². The summed E-state index contributed by atoms with van der Waals surface area (Å²) in [4.78, 5) is 8.53. The van der Waals surface area contributed by atoms with Crippen LogP contribution >= 0.6 is 11.3 Å². The van der Waals surface area contributed by atoms with Gasteiger partial charge < -0.3 is 5.32 Å². The average molecular weight is 424 g/mol. The van der Waals surface area contributed by atoms with Crippen molar-refractivity contribution in [2.75, 3.05) is 10.0 Å². The number of benzene rings is 1. The van der Waals surface area contributed by atoms with E-state index >= 15 is 0 Å².